The summed E-state index contributed by atoms with van der Waals surface area (Å²) < 4.78 is 5.34. The lowest BCUT2D eigenvalue weighted by atomic mass is 9.92. The first-order valence-corrected chi connectivity index (χ1v) is 8.09. The van der Waals surface area contributed by atoms with E-state index in [0.717, 1.165) is 5.56 Å². The third-order valence-electron chi connectivity index (χ3n) is 3.87. The largest absolute Gasteiger partial charge is 0.481 e. The summed E-state index contributed by atoms with van der Waals surface area (Å²) in [6, 6.07) is 3.59. The number of carboxylic acids is 1. The Morgan fingerprint density at radius 3 is 2.79 bits per heavy atom. The molecule has 0 saturated carbocycles. The fraction of sp³-hybridized carbons (Fsp3) is 0.588. The molecule has 0 radical (unpaired) electrons. The highest BCUT2D eigenvalue weighted by Crippen LogP contribution is 2.21. The normalized spacial score (nSPS) is 21.4. The summed E-state index contributed by atoms with van der Waals surface area (Å²) >= 11 is 0. The maximum atomic E-state index is 12.2. The second-order valence-electron chi connectivity index (χ2n) is 7.01. The van der Waals surface area contributed by atoms with Crippen molar-refractivity contribution in [2.24, 2.45) is 5.92 Å². The highest BCUT2D eigenvalue weighted by Gasteiger charge is 2.37. The Morgan fingerprint density at radius 2 is 2.21 bits per heavy atom. The van der Waals surface area contributed by atoms with Gasteiger partial charge in [0, 0.05) is 38.1 Å². The molecule has 2 heterocycles. The van der Waals surface area contributed by atoms with E-state index in [4.69, 9.17) is 4.74 Å². The molecule has 0 aliphatic carbocycles. The summed E-state index contributed by atoms with van der Waals surface area (Å²) in [4.78, 5) is 29.3. The number of hydrogen-bond donors (Lipinski definition) is 2. The number of amides is 1. The zero-order valence-electron chi connectivity index (χ0n) is 14.4. The van der Waals surface area contributed by atoms with E-state index in [1.165, 1.54) is 4.90 Å². The van der Waals surface area contributed by atoms with Crippen molar-refractivity contribution in [3.05, 3.63) is 30.1 Å². The van der Waals surface area contributed by atoms with Gasteiger partial charge in [-0.05, 0) is 38.8 Å². The number of aromatic nitrogens is 1. The average molecular weight is 335 g/mol. The molecule has 0 bridgehead atoms. The van der Waals surface area contributed by atoms with Crippen LogP contribution in [0.4, 0.5) is 4.79 Å². The van der Waals surface area contributed by atoms with Crippen molar-refractivity contribution in [1.82, 2.24) is 15.2 Å². The SMILES string of the molecule is CC(C)(C)OC(=O)N1CCC(NCc2cccnc2)C(C(=O)O)C1. The smallest absolute Gasteiger partial charge is 0.410 e. The van der Waals surface area contributed by atoms with Crippen molar-refractivity contribution in [2.75, 3.05) is 13.1 Å². The maximum absolute atomic E-state index is 12.2. The number of carbonyl (C=O) groups excluding carboxylic acids is 1. The van der Waals surface area contributed by atoms with Crippen LogP contribution < -0.4 is 5.32 Å². The second-order valence-corrected chi connectivity index (χ2v) is 7.01. The highest BCUT2D eigenvalue weighted by molar-refractivity contribution is 5.74. The Bertz CT molecular complexity index is 571. The molecular weight excluding hydrogens is 310 g/mol. The van der Waals surface area contributed by atoms with Crippen LogP contribution in [0.15, 0.2) is 24.5 Å². The van der Waals surface area contributed by atoms with Crippen LogP contribution >= 0.6 is 0 Å². The molecule has 7 nitrogen and oxygen atoms in total. The van der Waals surface area contributed by atoms with Crippen LogP contribution in [-0.4, -0.2) is 51.8 Å². The Kier molecular flexibility index (Phi) is 5.77. The van der Waals surface area contributed by atoms with Gasteiger partial charge in [-0.25, -0.2) is 4.79 Å². The first-order chi connectivity index (χ1) is 11.3. The molecule has 7 heteroatoms. The number of piperidine rings is 1. The molecule has 2 N–H and O–H groups in total. The topological polar surface area (TPSA) is 91.8 Å². The maximum Gasteiger partial charge on any atom is 0.410 e. The molecule has 1 fully saturated rings. The number of likely N-dealkylation sites (tertiary alicyclic amines) is 1. The monoisotopic (exact) mass is 335 g/mol. The number of ether oxygens (including phenoxy) is 1. The minimum atomic E-state index is -0.910. The Hall–Kier alpha value is -2.15. The molecule has 2 atom stereocenters. The summed E-state index contributed by atoms with van der Waals surface area (Å²) in [5.41, 5.74) is 0.404. The Morgan fingerprint density at radius 1 is 1.46 bits per heavy atom. The number of carboxylic acid groups (broad SMARTS) is 1. The van der Waals surface area contributed by atoms with Gasteiger partial charge < -0.3 is 20.1 Å². The molecule has 132 valence electrons. The number of nitrogens with zero attached hydrogens (tertiary/aromatic N) is 2. The van der Waals surface area contributed by atoms with Crippen molar-refractivity contribution in [3.8, 4) is 0 Å². The lowest BCUT2D eigenvalue weighted by molar-refractivity contribution is -0.144. The first-order valence-electron chi connectivity index (χ1n) is 8.09. The van der Waals surface area contributed by atoms with Gasteiger partial charge in [-0.15, -0.1) is 0 Å². The predicted octanol–water partition coefficient (Wildman–Crippen LogP) is 1.88. The number of rotatable bonds is 4. The fourth-order valence-electron chi connectivity index (χ4n) is 2.69. The Labute approximate surface area is 142 Å². The molecule has 2 unspecified atom stereocenters. The molecule has 1 amide bonds. The van der Waals surface area contributed by atoms with Gasteiger partial charge in [-0.1, -0.05) is 6.07 Å². The van der Waals surface area contributed by atoms with E-state index >= 15 is 0 Å². The molecule has 0 spiro atoms. The summed E-state index contributed by atoms with van der Waals surface area (Å²) in [7, 11) is 0. The third-order valence-corrected chi connectivity index (χ3v) is 3.87. The van der Waals surface area contributed by atoms with E-state index in [-0.39, 0.29) is 12.6 Å². The standard InChI is InChI=1S/C17H25N3O4/c1-17(2,3)24-16(23)20-8-6-14(13(11-20)15(21)22)19-10-12-5-4-7-18-9-12/h4-5,7,9,13-14,19H,6,8,10-11H2,1-3H3,(H,21,22). The quantitative estimate of drug-likeness (QED) is 0.873. The third kappa shape index (κ3) is 5.19. The summed E-state index contributed by atoms with van der Waals surface area (Å²) in [6.07, 6.45) is 3.55. The van der Waals surface area contributed by atoms with E-state index in [0.29, 0.717) is 19.5 Å². The minimum absolute atomic E-state index is 0.148. The van der Waals surface area contributed by atoms with E-state index in [1.54, 1.807) is 33.2 Å². The van der Waals surface area contributed by atoms with Gasteiger partial charge >= 0.3 is 12.1 Å². The number of aliphatic carboxylic acids is 1. The van der Waals surface area contributed by atoms with Crippen molar-refractivity contribution in [2.45, 2.75) is 45.4 Å². The van der Waals surface area contributed by atoms with Crippen molar-refractivity contribution in [3.63, 3.8) is 0 Å². The Balaban J connectivity index is 1.95. The van der Waals surface area contributed by atoms with Crippen LogP contribution in [0.25, 0.3) is 0 Å². The van der Waals surface area contributed by atoms with Crippen molar-refractivity contribution in [1.29, 1.82) is 0 Å². The number of pyridine rings is 1. The summed E-state index contributed by atoms with van der Waals surface area (Å²) in [5.74, 6) is -1.57. The summed E-state index contributed by atoms with van der Waals surface area (Å²) in [5, 5.41) is 12.8. The van der Waals surface area contributed by atoms with E-state index < -0.39 is 23.6 Å². The second kappa shape index (κ2) is 7.61. The van der Waals surface area contributed by atoms with Crippen LogP contribution in [0.2, 0.25) is 0 Å². The number of hydrogen-bond acceptors (Lipinski definition) is 5. The molecule has 2 rings (SSSR count). The lowest BCUT2D eigenvalue weighted by Crippen LogP contribution is -2.54. The van der Waals surface area contributed by atoms with Crippen LogP contribution in [0.3, 0.4) is 0 Å². The van der Waals surface area contributed by atoms with Crippen LogP contribution in [0.1, 0.15) is 32.8 Å². The fourth-order valence-corrected chi connectivity index (χ4v) is 2.69. The van der Waals surface area contributed by atoms with Gasteiger partial charge in [0.2, 0.25) is 0 Å². The van der Waals surface area contributed by atoms with Gasteiger partial charge in [-0.3, -0.25) is 9.78 Å². The number of nitrogens with one attached hydrogen (secondary N) is 1. The molecule has 1 aromatic rings. The van der Waals surface area contributed by atoms with Gasteiger partial charge in [0.15, 0.2) is 0 Å². The molecule has 24 heavy (non-hydrogen) atoms. The first kappa shape index (κ1) is 18.2. The van der Waals surface area contributed by atoms with E-state index in [9.17, 15) is 14.7 Å². The van der Waals surface area contributed by atoms with E-state index in [2.05, 4.69) is 10.3 Å². The van der Waals surface area contributed by atoms with Crippen LogP contribution in [0.5, 0.6) is 0 Å². The zero-order chi connectivity index (χ0) is 17.7. The van der Waals surface area contributed by atoms with Crippen molar-refractivity contribution >= 4 is 12.1 Å². The molecule has 1 aliphatic heterocycles. The minimum Gasteiger partial charge on any atom is -0.481 e. The number of carbonyl (C=O) groups is 2. The van der Waals surface area contributed by atoms with Crippen molar-refractivity contribution < 1.29 is 19.4 Å². The highest BCUT2D eigenvalue weighted by atomic mass is 16.6. The molecular formula is C17H25N3O4. The molecule has 1 saturated heterocycles. The van der Waals surface area contributed by atoms with Gasteiger partial charge in [-0.2, -0.15) is 0 Å². The van der Waals surface area contributed by atoms with Gasteiger partial charge in [0.05, 0.1) is 5.92 Å². The van der Waals surface area contributed by atoms with E-state index in [1.807, 2.05) is 12.1 Å². The zero-order valence-corrected chi connectivity index (χ0v) is 14.4. The predicted molar refractivity (Wildman–Crippen MR) is 88.4 cm³/mol. The molecule has 0 aromatic carbocycles. The van der Waals surface area contributed by atoms with Crippen LogP contribution in [0, 0.1) is 5.92 Å². The van der Waals surface area contributed by atoms with Crippen LogP contribution in [-0.2, 0) is 16.1 Å². The van der Waals surface area contributed by atoms with Gasteiger partial charge in [0.25, 0.3) is 0 Å². The van der Waals surface area contributed by atoms with Gasteiger partial charge in [0.1, 0.15) is 5.60 Å². The summed E-state index contributed by atoms with van der Waals surface area (Å²) in [6.45, 7) is 6.55. The molecule has 1 aliphatic rings. The lowest BCUT2D eigenvalue weighted by Gasteiger charge is -2.37. The molecule has 1 aromatic heterocycles. The average Bonchev–Trinajstić information content (AvgIpc) is 2.52.